The summed E-state index contributed by atoms with van der Waals surface area (Å²) in [4.78, 5) is 0. The molecule has 0 aliphatic heterocycles. The molecule has 2 aromatic rings. The van der Waals surface area contributed by atoms with Crippen molar-refractivity contribution < 1.29 is 0 Å². The van der Waals surface area contributed by atoms with Crippen LogP contribution in [0.1, 0.15) is 32.3 Å². The minimum absolute atomic E-state index is 1.08. The molecule has 0 aliphatic rings. The van der Waals surface area contributed by atoms with E-state index >= 15 is 0 Å². The first-order valence-corrected chi connectivity index (χ1v) is 7.65. The first-order chi connectivity index (χ1) is 10.8. The van der Waals surface area contributed by atoms with Crippen LogP contribution < -0.4 is 0 Å². The molecule has 0 radical (unpaired) electrons. The van der Waals surface area contributed by atoms with E-state index in [0.717, 1.165) is 12.8 Å². The molecular formula is C22H30. The van der Waals surface area contributed by atoms with E-state index in [-0.39, 0.29) is 0 Å². The van der Waals surface area contributed by atoms with E-state index in [1.807, 2.05) is 85.0 Å². The Balaban J connectivity index is 0. The summed E-state index contributed by atoms with van der Waals surface area (Å²) >= 11 is 0. The van der Waals surface area contributed by atoms with Crippen molar-refractivity contribution in [3.05, 3.63) is 104 Å². The monoisotopic (exact) mass is 294 g/mol. The van der Waals surface area contributed by atoms with Gasteiger partial charge in [0, 0.05) is 0 Å². The molecule has 0 unspecified atom stereocenters. The van der Waals surface area contributed by atoms with Gasteiger partial charge >= 0.3 is 0 Å². The topological polar surface area (TPSA) is 0 Å². The molecule has 0 saturated carbocycles. The van der Waals surface area contributed by atoms with E-state index in [4.69, 9.17) is 0 Å². The summed E-state index contributed by atoms with van der Waals surface area (Å²) in [6.07, 6.45) is 7.75. The fourth-order valence-corrected chi connectivity index (χ4v) is 0.974. The molecule has 0 amide bonds. The molecule has 0 aliphatic carbocycles. The third-order valence-corrected chi connectivity index (χ3v) is 2.28. The van der Waals surface area contributed by atoms with Gasteiger partial charge in [0.2, 0.25) is 0 Å². The normalized spacial score (nSPS) is 7.55. The van der Waals surface area contributed by atoms with Gasteiger partial charge in [-0.25, -0.2) is 0 Å². The van der Waals surface area contributed by atoms with Crippen molar-refractivity contribution >= 4 is 6.08 Å². The fourth-order valence-electron chi connectivity index (χ4n) is 0.974. The second-order valence-electron chi connectivity index (χ2n) is 4.16. The molecule has 0 N–H and O–H groups in total. The van der Waals surface area contributed by atoms with Crippen LogP contribution in [0.2, 0.25) is 0 Å². The quantitative estimate of drug-likeness (QED) is 0.526. The van der Waals surface area contributed by atoms with Crippen molar-refractivity contribution in [2.45, 2.75) is 26.7 Å². The highest BCUT2D eigenvalue weighted by Gasteiger charge is 1.75. The van der Waals surface area contributed by atoms with Crippen LogP contribution in [0.4, 0.5) is 0 Å². The summed E-state index contributed by atoms with van der Waals surface area (Å²) in [6.45, 7) is 14.7. The lowest BCUT2D eigenvalue weighted by molar-refractivity contribution is 1.23. The average molecular weight is 294 g/mol. The number of benzene rings is 2. The largest absolute Gasteiger partial charge is 0.103 e. The van der Waals surface area contributed by atoms with E-state index in [1.54, 1.807) is 0 Å². The van der Waals surface area contributed by atoms with Crippen LogP contribution in [0.15, 0.2) is 98.6 Å². The van der Waals surface area contributed by atoms with Crippen LogP contribution in [-0.2, 0) is 0 Å². The van der Waals surface area contributed by atoms with Crippen molar-refractivity contribution in [2.75, 3.05) is 0 Å². The molecule has 118 valence electrons. The summed E-state index contributed by atoms with van der Waals surface area (Å²) < 4.78 is 0. The molecule has 0 spiro atoms. The number of rotatable bonds is 3. The van der Waals surface area contributed by atoms with Gasteiger partial charge in [-0.2, -0.15) is 0 Å². The summed E-state index contributed by atoms with van der Waals surface area (Å²) in [5.74, 6) is 0. The second kappa shape index (κ2) is 21.0. The molecule has 22 heavy (non-hydrogen) atoms. The standard InChI is InChI=1S/C8H8.C6H6.2C4H8/c1-2-8-6-4-3-5-7-8;1-2-4-6-5-3-1;2*1-3-4-2/h2-7H,1H2;1-6H;2*3H,1,4H2,2H3. The SMILES string of the molecule is C=CCC.C=CCC.C=Cc1ccccc1.c1ccccc1. The number of hydrogen-bond donors (Lipinski definition) is 0. The number of hydrogen-bond acceptors (Lipinski definition) is 0. The van der Waals surface area contributed by atoms with Gasteiger partial charge < -0.3 is 0 Å². The minimum Gasteiger partial charge on any atom is -0.103 e. The lowest BCUT2D eigenvalue weighted by atomic mass is 10.2. The average Bonchev–Trinajstić information content (AvgIpc) is 2.64. The first-order valence-electron chi connectivity index (χ1n) is 7.65. The van der Waals surface area contributed by atoms with Crippen LogP contribution in [0.25, 0.3) is 6.08 Å². The van der Waals surface area contributed by atoms with Crippen LogP contribution in [0.3, 0.4) is 0 Å². The smallest absolute Gasteiger partial charge is 0.0263 e. The van der Waals surface area contributed by atoms with Gasteiger partial charge in [0.25, 0.3) is 0 Å². The summed E-state index contributed by atoms with van der Waals surface area (Å²) in [7, 11) is 0. The molecule has 0 bridgehead atoms. The zero-order valence-corrected chi connectivity index (χ0v) is 14.1. The zero-order chi connectivity index (χ0) is 16.9. The maximum absolute atomic E-state index is 3.63. The summed E-state index contributed by atoms with van der Waals surface area (Å²) in [5, 5.41) is 0. The Morgan fingerprint density at radius 1 is 0.636 bits per heavy atom. The Kier molecular flexibility index (Phi) is 20.9. The highest BCUT2D eigenvalue weighted by atomic mass is 13.8. The van der Waals surface area contributed by atoms with E-state index in [0.29, 0.717) is 0 Å². The second-order valence-corrected chi connectivity index (χ2v) is 4.16. The molecule has 0 nitrogen and oxygen atoms in total. The molecular weight excluding hydrogens is 264 g/mol. The van der Waals surface area contributed by atoms with Gasteiger partial charge in [0.05, 0.1) is 0 Å². The molecule has 0 fully saturated rings. The number of allylic oxidation sites excluding steroid dienone is 2. The Bertz CT molecular complexity index is 405. The van der Waals surface area contributed by atoms with Gasteiger partial charge in [0.1, 0.15) is 0 Å². The highest BCUT2D eigenvalue weighted by Crippen LogP contribution is 1.97. The van der Waals surface area contributed by atoms with E-state index in [2.05, 4.69) is 33.6 Å². The van der Waals surface area contributed by atoms with Gasteiger partial charge in [0.15, 0.2) is 0 Å². The summed E-state index contributed by atoms with van der Waals surface area (Å²) in [5.41, 5.74) is 1.17. The Morgan fingerprint density at radius 3 is 1.09 bits per heavy atom. The van der Waals surface area contributed by atoms with Crippen molar-refractivity contribution in [3.63, 3.8) is 0 Å². The maximum atomic E-state index is 3.63. The molecule has 0 aromatic heterocycles. The van der Waals surface area contributed by atoms with E-state index in [1.165, 1.54) is 5.56 Å². The van der Waals surface area contributed by atoms with Gasteiger partial charge in [-0.05, 0) is 18.4 Å². The molecule has 2 rings (SSSR count). The van der Waals surface area contributed by atoms with Crippen LogP contribution in [0.5, 0.6) is 0 Å². The first kappa shape index (κ1) is 21.9. The van der Waals surface area contributed by atoms with Crippen molar-refractivity contribution in [1.29, 1.82) is 0 Å². The molecule has 0 heterocycles. The fraction of sp³-hybridized carbons (Fsp3) is 0.182. The summed E-state index contributed by atoms with van der Waals surface area (Å²) in [6, 6.07) is 22.0. The molecule has 0 heteroatoms. The molecule has 0 saturated heterocycles. The third kappa shape index (κ3) is 20.0. The van der Waals surface area contributed by atoms with Gasteiger partial charge in [-0.3, -0.25) is 0 Å². The van der Waals surface area contributed by atoms with E-state index < -0.39 is 0 Å². The Hall–Kier alpha value is -2.34. The zero-order valence-electron chi connectivity index (χ0n) is 14.1. The van der Waals surface area contributed by atoms with Crippen molar-refractivity contribution in [1.82, 2.24) is 0 Å². The van der Waals surface area contributed by atoms with Crippen molar-refractivity contribution in [2.24, 2.45) is 0 Å². The van der Waals surface area contributed by atoms with E-state index in [9.17, 15) is 0 Å². The third-order valence-electron chi connectivity index (χ3n) is 2.28. The predicted octanol–water partition coefficient (Wildman–Crippen LogP) is 7.18. The maximum Gasteiger partial charge on any atom is -0.0263 e. The molecule has 2 aromatic carbocycles. The molecule has 0 atom stereocenters. The Labute approximate surface area is 137 Å². The lowest BCUT2D eigenvalue weighted by Gasteiger charge is -1.85. The van der Waals surface area contributed by atoms with Gasteiger partial charge in [-0.15, -0.1) is 13.2 Å². The highest BCUT2D eigenvalue weighted by molar-refractivity contribution is 5.45. The van der Waals surface area contributed by atoms with Crippen molar-refractivity contribution in [3.8, 4) is 0 Å². The Morgan fingerprint density at radius 2 is 0.909 bits per heavy atom. The van der Waals surface area contributed by atoms with Crippen LogP contribution >= 0.6 is 0 Å². The van der Waals surface area contributed by atoms with Gasteiger partial charge in [-0.1, -0.05) is 105 Å². The van der Waals surface area contributed by atoms with Crippen LogP contribution in [-0.4, -0.2) is 0 Å². The lowest BCUT2D eigenvalue weighted by Crippen LogP contribution is -1.63. The predicted molar refractivity (Wildman–Crippen MR) is 104 cm³/mol. The van der Waals surface area contributed by atoms with Crippen LogP contribution in [0, 0.1) is 0 Å². The minimum atomic E-state index is 1.08.